The van der Waals surface area contributed by atoms with E-state index in [-0.39, 0.29) is 6.61 Å². The predicted molar refractivity (Wildman–Crippen MR) is 62.6 cm³/mol. The molecule has 2 aromatic rings. The number of aromatic nitrogens is 2. The number of imidazole rings is 1. The van der Waals surface area contributed by atoms with E-state index in [1.165, 1.54) is 0 Å². The van der Waals surface area contributed by atoms with Crippen LogP contribution in [0.1, 0.15) is 5.69 Å². The Hall–Kier alpha value is -2.01. The molecular formula is C12H14N2O3. The predicted octanol–water partition coefficient (Wildman–Crippen LogP) is 1.38. The van der Waals surface area contributed by atoms with Crippen LogP contribution < -0.4 is 9.47 Å². The Morgan fingerprint density at radius 1 is 1.29 bits per heavy atom. The minimum atomic E-state index is -0.0779. The minimum Gasteiger partial charge on any atom is -0.497 e. The van der Waals surface area contributed by atoms with Gasteiger partial charge in [-0.05, 0) is 12.1 Å². The zero-order valence-corrected chi connectivity index (χ0v) is 9.75. The molecule has 0 aliphatic heterocycles. The average molecular weight is 234 g/mol. The SMILES string of the molecule is COc1ccc(-n2cnc(CO)c2)c(OC)c1. The fraction of sp³-hybridized carbons (Fsp3) is 0.250. The van der Waals surface area contributed by atoms with E-state index in [0.29, 0.717) is 11.4 Å². The zero-order valence-electron chi connectivity index (χ0n) is 9.75. The highest BCUT2D eigenvalue weighted by Gasteiger charge is 2.07. The van der Waals surface area contributed by atoms with E-state index in [9.17, 15) is 0 Å². The van der Waals surface area contributed by atoms with Crippen LogP contribution in [0, 0.1) is 0 Å². The summed E-state index contributed by atoms with van der Waals surface area (Å²) < 4.78 is 12.2. The monoisotopic (exact) mass is 234 g/mol. The van der Waals surface area contributed by atoms with Gasteiger partial charge in [-0.3, -0.25) is 0 Å². The van der Waals surface area contributed by atoms with Crippen molar-refractivity contribution >= 4 is 0 Å². The van der Waals surface area contributed by atoms with Crippen molar-refractivity contribution in [2.75, 3.05) is 14.2 Å². The number of rotatable bonds is 4. The Balaban J connectivity index is 2.43. The third kappa shape index (κ3) is 2.24. The lowest BCUT2D eigenvalue weighted by atomic mass is 10.2. The van der Waals surface area contributed by atoms with Gasteiger partial charge in [0.15, 0.2) is 0 Å². The van der Waals surface area contributed by atoms with Crippen molar-refractivity contribution in [2.24, 2.45) is 0 Å². The third-order valence-electron chi connectivity index (χ3n) is 2.46. The Kier molecular flexibility index (Phi) is 3.30. The first kappa shape index (κ1) is 11.5. The smallest absolute Gasteiger partial charge is 0.146 e. The molecule has 5 nitrogen and oxygen atoms in total. The highest BCUT2D eigenvalue weighted by molar-refractivity contribution is 5.51. The van der Waals surface area contributed by atoms with Gasteiger partial charge in [-0.25, -0.2) is 4.98 Å². The third-order valence-corrected chi connectivity index (χ3v) is 2.46. The molecule has 0 radical (unpaired) electrons. The molecule has 5 heteroatoms. The molecule has 0 amide bonds. The largest absolute Gasteiger partial charge is 0.497 e. The Morgan fingerprint density at radius 2 is 2.12 bits per heavy atom. The van der Waals surface area contributed by atoms with E-state index in [1.54, 1.807) is 37.4 Å². The Labute approximate surface area is 99.2 Å². The number of benzene rings is 1. The van der Waals surface area contributed by atoms with E-state index in [1.807, 2.05) is 12.1 Å². The van der Waals surface area contributed by atoms with E-state index >= 15 is 0 Å². The molecule has 0 atom stereocenters. The van der Waals surface area contributed by atoms with E-state index < -0.39 is 0 Å². The van der Waals surface area contributed by atoms with Crippen molar-refractivity contribution in [1.29, 1.82) is 0 Å². The summed E-state index contributed by atoms with van der Waals surface area (Å²) in [6, 6.07) is 5.52. The standard InChI is InChI=1S/C12H14N2O3/c1-16-10-3-4-11(12(5-10)17-2)14-6-9(7-15)13-8-14/h3-6,8,15H,7H2,1-2H3. The number of methoxy groups -OCH3 is 2. The molecule has 1 aromatic carbocycles. The molecule has 90 valence electrons. The number of hydrogen-bond donors (Lipinski definition) is 1. The van der Waals surface area contributed by atoms with E-state index in [4.69, 9.17) is 14.6 Å². The van der Waals surface area contributed by atoms with Gasteiger partial charge in [-0.2, -0.15) is 0 Å². The van der Waals surface area contributed by atoms with Crippen molar-refractivity contribution in [3.63, 3.8) is 0 Å². The van der Waals surface area contributed by atoms with Gasteiger partial charge in [0, 0.05) is 12.3 Å². The first-order valence-corrected chi connectivity index (χ1v) is 5.14. The fourth-order valence-electron chi connectivity index (χ4n) is 1.58. The topological polar surface area (TPSA) is 56.5 Å². The molecule has 1 N–H and O–H groups in total. The van der Waals surface area contributed by atoms with Crippen LogP contribution in [0.4, 0.5) is 0 Å². The van der Waals surface area contributed by atoms with E-state index in [2.05, 4.69) is 4.98 Å². The van der Waals surface area contributed by atoms with Gasteiger partial charge < -0.3 is 19.1 Å². The van der Waals surface area contributed by atoms with Crippen LogP contribution in [0.15, 0.2) is 30.7 Å². The lowest BCUT2D eigenvalue weighted by Crippen LogP contribution is -1.96. The first-order chi connectivity index (χ1) is 8.28. The van der Waals surface area contributed by atoms with Crippen molar-refractivity contribution in [2.45, 2.75) is 6.61 Å². The van der Waals surface area contributed by atoms with Gasteiger partial charge in [0.25, 0.3) is 0 Å². The summed E-state index contributed by atoms with van der Waals surface area (Å²) in [5.41, 5.74) is 1.46. The highest BCUT2D eigenvalue weighted by Crippen LogP contribution is 2.27. The van der Waals surface area contributed by atoms with Gasteiger partial charge in [-0.15, -0.1) is 0 Å². The summed E-state index contributed by atoms with van der Waals surface area (Å²) in [4.78, 5) is 4.06. The quantitative estimate of drug-likeness (QED) is 0.868. The van der Waals surface area contributed by atoms with Crippen molar-refractivity contribution in [1.82, 2.24) is 9.55 Å². The average Bonchev–Trinajstić information content (AvgIpc) is 2.86. The zero-order chi connectivity index (χ0) is 12.3. The van der Waals surface area contributed by atoms with Crippen LogP contribution in [-0.2, 0) is 6.61 Å². The van der Waals surface area contributed by atoms with Crippen LogP contribution in [0.25, 0.3) is 5.69 Å². The summed E-state index contributed by atoms with van der Waals surface area (Å²) in [5, 5.41) is 8.98. The molecule has 0 fully saturated rings. The maximum absolute atomic E-state index is 8.98. The Morgan fingerprint density at radius 3 is 2.71 bits per heavy atom. The molecule has 0 saturated carbocycles. The lowest BCUT2D eigenvalue weighted by molar-refractivity contribution is 0.277. The van der Waals surface area contributed by atoms with Gasteiger partial charge in [0.2, 0.25) is 0 Å². The summed E-state index contributed by atoms with van der Waals surface area (Å²) in [7, 11) is 3.21. The maximum Gasteiger partial charge on any atom is 0.146 e. The van der Waals surface area contributed by atoms with Gasteiger partial charge in [0.05, 0.1) is 38.5 Å². The molecule has 0 bridgehead atoms. The summed E-state index contributed by atoms with van der Waals surface area (Å²) in [6.07, 6.45) is 3.39. The number of ether oxygens (including phenoxy) is 2. The molecule has 1 aromatic heterocycles. The second-order valence-electron chi connectivity index (χ2n) is 3.47. The number of aliphatic hydroxyl groups excluding tert-OH is 1. The maximum atomic E-state index is 8.98. The molecule has 1 heterocycles. The molecular weight excluding hydrogens is 220 g/mol. The number of aliphatic hydroxyl groups is 1. The van der Waals surface area contributed by atoms with Crippen LogP contribution in [-0.4, -0.2) is 28.9 Å². The molecule has 17 heavy (non-hydrogen) atoms. The van der Waals surface area contributed by atoms with Gasteiger partial charge in [-0.1, -0.05) is 0 Å². The van der Waals surface area contributed by atoms with Crippen molar-refractivity contribution < 1.29 is 14.6 Å². The van der Waals surface area contributed by atoms with Crippen molar-refractivity contribution in [3.8, 4) is 17.2 Å². The second kappa shape index (κ2) is 4.88. The van der Waals surface area contributed by atoms with Crippen LogP contribution in [0.3, 0.4) is 0 Å². The number of nitrogens with zero attached hydrogens (tertiary/aromatic N) is 2. The Bertz CT molecular complexity index is 508. The molecule has 2 rings (SSSR count). The molecule has 0 spiro atoms. The minimum absolute atomic E-state index is 0.0779. The van der Waals surface area contributed by atoms with Crippen LogP contribution in [0.2, 0.25) is 0 Å². The highest BCUT2D eigenvalue weighted by atomic mass is 16.5. The summed E-state index contributed by atoms with van der Waals surface area (Å²) >= 11 is 0. The second-order valence-corrected chi connectivity index (χ2v) is 3.47. The molecule has 0 aliphatic carbocycles. The van der Waals surface area contributed by atoms with E-state index in [0.717, 1.165) is 11.4 Å². The van der Waals surface area contributed by atoms with Crippen molar-refractivity contribution in [3.05, 3.63) is 36.4 Å². The fourth-order valence-corrected chi connectivity index (χ4v) is 1.58. The molecule has 0 aliphatic rings. The summed E-state index contributed by atoms with van der Waals surface area (Å²) in [6.45, 7) is -0.0779. The van der Waals surface area contributed by atoms with Crippen LogP contribution in [0.5, 0.6) is 11.5 Å². The summed E-state index contributed by atoms with van der Waals surface area (Å²) in [5.74, 6) is 1.42. The number of hydrogen-bond acceptors (Lipinski definition) is 4. The molecule has 0 saturated heterocycles. The lowest BCUT2D eigenvalue weighted by Gasteiger charge is -2.10. The van der Waals surface area contributed by atoms with Crippen LogP contribution >= 0.6 is 0 Å². The normalized spacial score (nSPS) is 10.3. The molecule has 0 unspecified atom stereocenters. The van der Waals surface area contributed by atoms with Gasteiger partial charge in [0.1, 0.15) is 11.5 Å². The first-order valence-electron chi connectivity index (χ1n) is 5.14. The van der Waals surface area contributed by atoms with Gasteiger partial charge >= 0.3 is 0 Å².